The van der Waals surface area contributed by atoms with Gasteiger partial charge >= 0.3 is 0 Å². The first-order chi connectivity index (χ1) is 8.37. The maximum atomic E-state index is 13.1. The average molecular weight is 272 g/mol. The van der Waals surface area contributed by atoms with Crippen LogP contribution in [0, 0.1) is 18.7 Å². The number of halogens is 1. The summed E-state index contributed by atoms with van der Waals surface area (Å²) in [6.45, 7) is 1.81. The van der Waals surface area contributed by atoms with Crippen molar-refractivity contribution in [2.75, 3.05) is 11.5 Å². The molecule has 0 bridgehead atoms. The van der Waals surface area contributed by atoms with Crippen LogP contribution in [0.4, 0.5) is 4.39 Å². The van der Waals surface area contributed by atoms with Crippen molar-refractivity contribution in [1.82, 2.24) is 0 Å². The Balaban J connectivity index is 2.08. The van der Waals surface area contributed by atoms with E-state index in [9.17, 15) is 17.9 Å². The van der Waals surface area contributed by atoms with Crippen molar-refractivity contribution in [3.63, 3.8) is 0 Å². The van der Waals surface area contributed by atoms with Crippen LogP contribution in [-0.2, 0) is 9.84 Å². The summed E-state index contributed by atoms with van der Waals surface area (Å²) in [7, 11) is -2.93. The fraction of sp³-hybridized carbons (Fsp3) is 0.538. The van der Waals surface area contributed by atoms with Crippen LogP contribution in [0.3, 0.4) is 0 Å². The number of hydrogen-bond acceptors (Lipinski definition) is 3. The highest BCUT2D eigenvalue weighted by atomic mass is 32.2. The second-order valence-corrected chi connectivity index (χ2v) is 7.25. The largest absolute Gasteiger partial charge is 0.388 e. The number of benzene rings is 1. The molecule has 1 aliphatic heterocycles. The number of aliphatic hydroxyl groups is 1. The highest BCUT2D eigenvalue weighted by Gasteiger charge is 2.30. The molecule has 1 aromatic carbocycles. The van der Waals surface area contributed by atoms with Gasteiger partial charge in [0.2, 0.25) is 0 Å². The van der Waals surface area contributed by atoms with Crippen molar-refractivity contribution in [2.45, 2.75) is 25.9 Å². The molecule has 2 rings (SSSR count). The van der Waals surface area contributed by atoms with Gasteiger partial charge in [-0.15, -0.1) is 0 Å². The molecule has 5 heteroatoms. The molecule has 100 valence electrons. The van der Waals surface area contributed by atoms with E-state index >= 15 is 0 Å². The van der Waals surface area contributed by atoms with E-state index in [2.05, 4.69) is 0 Å². The minimum Gasteiger partial charge on any atom is -0.388 e. The predicted octanol–water partition coefficient (Wildman–Crippen LogP) is 1.99. The number of sulfone groups is 1. The number of aliphatic hydroxyl groups excluding tert-OH is 1. The molecule has 2 unspecified atom stereocenters. The average Bonchev–Trinajstić information content (AvgIpc) is 2.61. The van der Waals surface area contributed by atoms with Gasteiger partial charge in [-0.3, -0.25) is 0 Å². The van der Waals surface area contributed by atoms with Crippen LogP contribution in [0.5, 0.6) is 0 Å². The van der Waals surface area contributed by atoms with Gasteiger partial charge in [-0.25, -0.2) is 12.8 Å². The Labute approximate surface area is 107 Å². The van der Waals surface area contributed by atoms with Crippen LogP contribution in [0.2, 0.25) is 0 Å². The summed E-state index contributed by atoms with van der Waals surface area (Å²) in [6, 6.07) is 4.30. The van der Waals surface area contributed by atoms with Crippen molar-refractivity contribution in [3.05, 3.63) is 35.1 Å². The van der Waals surface area contributed by atoms with Crippen LogP contribution in [0.15, 0.2) is 18.2 Å². The third-order valence-electron chi connectivity index (χ3n) is 3.48. The Bertz CT molecular complexity index is 539. The van der Waals surface area contributed by atoms with Crippen LogP contribution in [0.1, 0.15) is 30.1 Å². The third kappa shape index (κ3) is 3.09. The first-order valence-electron chi connectivity index (χ1n) is 6.02. The molecule has 1 saturated heterocycles. The van der Waals surface area contributed by atoms with Crippen molar-refractivity contribution in [1.29, 1.82) is 0 Å². The zero-order valence-corrected chi connectivity index (χ0v) is 11.1. The number of rotatable bonds is 3. The van der Waals surface area contributed by atoms with Gasteiger partial charge in [0.15, 0.2) is 9.84 Å². The molecule has 0 spiro atoms. The molecule has 1 fully saturated rings. The topological polar surface area (TPSA) is 54.4 Å². The lowest BCUT2D eigenvalue weighted by Crippen LogP contribution is -2.10. The van der Waals surface area contributed by atoms with Gasteiger partial charge in [0.25, 0.3) is 0 Å². The van der Waals surface area contributed by atoms with E-state index in [1.54, 1.807) is 6.07 Å². The standard InChI is InChI=1S/C13H17FO3S/c1-9-2-3-11(14)7-12(9)13(15)6-10-4-5-18(16,17)8-10/h2-3,7,10,13,15H,4-6,8H2,1H3. The molecule has 18 heavy (non-hydrogen) atoms. The lowest BCUT2D eigenvalue weighted by atomic mass is 9.94. The van der Waals surface area contributed by atoms with Gasteiger partial charge in [0.05, 0.1) is 17.6 Å². The van der Waals surface area contributed by atoms with Crippen molar-refractivity contribution in [2.24, 2.45) is 5.92 Å². The van der Waals surface area contributed by atoms with Crippen LogP contribution in [-0.4, -0.2) is 25.0 Å². The second-order valence-electron chi connectivity index (χ2n) is 5.02. The van der Waals surface area contributed by atoms with Crippen LogP contribution in [0.25, 0.3) is 0 Å². The highest BCUT2D eigenvalue weighted by molar-refractivity contribution is 7.91. The van der Waals surface area contributed by atoms with Gasteiger partial charge in [0, 0.05) is 0 Å². The fourth-order valence-corrected chi connectivity index (χ4v) is 4.35. The summed E-state index contributed by atoms with van der Waals surface area (Å²) < 4.78 is 35.8. The Morgan fingerprint density at radius 1 is 1.50 bits per heavy atom. The fourth-order valence-electron chi connectivity index (χ4n) is 2.47. The van der Waals surface area contributed by atoms with E-state index in [4.69, 9.17) is 0 Å². The van der Waals surface area contributed by atoms with Gasteiger partial charge in [0.1, 0.15) is 5.82 Å². The monoisotopic (exact) mass is 272 g/mol. The van der Waals surface area contributed by atoms with Crippen molar-refractivity contribution >= 4 is 9.84 Å². The summed E-state index contributed by atoms with van der Waals surface area (Å²) in [5.41, 5.74) is 1.38. The van der Waals surface area contributed by atoms with Gasteiger partial charge in [-0.2, -0.15) is 0 Å². The molecule has 1 aliphatic rings. The minimum absolute atomic E-state index is 0.0207. The molecule has 0 saturated carbocycles. The lowest BCUT2D eigenvalue weighted by Gasteiger charge is -2.17. The van der Waals surface area contributed by atoms with E-state index in [-0.39, 0.29) is 23.2 Å². The van der Waals surface area contributed by atoms with Crippen LogP contribution >= 0.6 is 0 Å². The normalized spacial score (nSPS) is 24.1. The number of hydrogen-bond donors (Lipinski definition) is 1. The molecule has 1 N–H and O–H groups in total. The SMILES string of the molecule is Cc1ccc(F)cc1C(O)CC1CCS(=O)(=O)C1. The molecule has 3 nitrogen and oxygen atoms in total. The van der Waals surface area contributed by atoms with E-state index < -0.39 is 15.9 Å². The minimum atomic E-state index is -2.93. The predicted molar refractivity (Wildman–Crippen MR) is 67.5 cm³/mol. The first-order valence-corrected chi connectivity index (χ1v) is 7.84. The molecule has 1 aromatic rings. The lowest BCUT2D eigenvalue weighted by molar-refractivity contribution is 0.147. The molecular weight excluding hydrogens is 255 g/mol. The first kappa shape index (κ1) is 13.5. The molecular formula is C13H17FO3S. The van der Waals surface area contributed by atoms with E-state index in [1.165, 1.54) is 12.1 Å². The molecule has 0 aromatic heterocycles. The zero-order chi connectivity index (χ0) is 13.3. The van der Waals surface area contributed by atoms with E-state index in [1.807, 2.05) is 6.92 Å². The summed E-state index contributed by atoms with van der Waals surface area (Å²) in [6.07, 6.45) is 0.177. The summed E-state index contributed by atoms with van der Waals surface area (Å²) in [5, 5.41) is 10.1. The van der Waals surface area contributed by atoms with E-state index in [0.717, 1.165) is 5.56 Å². The zero-order valence-electron chi connectivity index (χ0n) is 10.3. The highest BCUT2D eigenvalue weighted by Crippen LogP contribution is 2.30. The molecule has 0 aliphatic carbocycles. The maximum Gasteiger partial charge on any atom is 0.150 e. The molecule has 2 atom stereocenters. The van der Waals surface area contributed by atoms with Gasteiger partial charge in [-0.1, -0.05) is 6.07 Å². The Hall–Kier alpha value is -0.940. The Kier molecular flexibility index (Phi) is 3.73. The van der Waals surface area contributed by atoms with Gasteiger partial charge in [-0.05, 0) is 48.9 Å². The molecule has 1 heterocycles. The van der Waals surface area contributed by atoms with E-state index in [0.29, 0.717) is 18.4 Å². The second kappa shape index (κ2) is 4.97. The number of aryl methyl sites for hydroxylation is 1. The summed E-state index contributed by atoms with van der Waals surface area (Å²) in [4.78, 5) is 0. The van der Waals surface area contributed by atoms with Crippen molar-refractivity contribution in [3.8, 4) is 0 Å². The summed E-state index contributed by atoms with van der Waals surface area (Å²) in [5.74, 6) is -0.0633. The molecule has 0 amide bonds. The Morgan fingerprint density at radius 2 is 2.22 bits per heavy atom. The summed E-state index contributed by atoms with van der Waals surface area (Å²) >= 11 is 0. The molecule has 0 radical (unpaired) electrons. The smallest absolute Gasteiger partial charge is 0.150 e. The Morgan fingerprint density at radius 3 is 2.83 bits per heavy atom. The quantitative estimate of drug-likeness (QED) is 0.915. The maximum absolute atomic E-state index is 13.1. The third-order valence-corrected chi connectivity index (χ3v) is 5.32. The van der Waals surface area contributed by atoms with Crippen molar-refractivity contribution < 1.29 is 17.9 Å². The van der Waals surface area contributed by atoms with Gasteiger partial charge < -0.3 is 5.11 Å². The van der Waals surface area contributed by atoms with Crippen LogP contribution < -0.4 is 0 Å².